The van der Waals surface area contributed by atoms with Gasteiger partial charge >= 0.3 is 0 Å². The maximum Gasteiger partial charge on any atom is 0.174 e. The first-order chi connectivity index (χ1) is 12.2. The predicted molar refractivity (Wildman–Crippen MR) is 96.7 cm³/mol. The molecule has 2 aliphatic carbocycles. The Labute approximate surface area is 154 Å². The van der Waals surface area contributed by atoms with Crippen molar-refractivity contribution in [2.75, 3.05) is 13.6 Å². The summed E-state index contributed by atoms with van der Waals surface area (Å²) < 4.78 is 13.1. The van der Waals surface area contributed by atoms with Crippen LogP contribution in [0, 0.1) is 0 Å². The van der Waals surface area contributed by atoms with Crippen molar-refractivity contribution in [1.29, 1.82) is 0 Å². The first kappa shape index (κ1) is 16.6. The first-order valence-corrected chi connectivity index (χ1v) is 9.65. The largest absolute Gasteiger partial charge is 0.504 e. The van der Waals surface area contributed by atoms with E-state index in [0.717, 1.165) is 24.9 Å². The third-order valence-corrected chi connectivity index (χ3v) is 6.97. The number of phenols is 1. The van der Waals surface area contributed by atoms with E-state index in [2.05, 4.69) is 32.7 Å². The van der Waals surface area contributed by atoms with E-state index in [1.54, 1.807) is 6.07 Å². The third kappa shape index (κ3) is 1.76. The lowest BCUT2D eigenvalue weighted by atomic mass is 9.48. The van der Waals surface area contributed by atoms with Gasteiger partial charge in [0, 0.05) is 18.0 Å². The first-order valence-electron chi connectivity index (χ1n) is 9.65. The quantitative estimate of drug-likeness (QED) is 0.837. The molecule has 1 aromatic carbocycles. The number of benzene rings is 1. The summed E-state index contributed by atoms with van der Waals surface area (Å²) in [5, 5.41) is 10.5. The molecule has 5 heteroatoms. The molecule has 1 spiro atoms. The minimum absolute atomic E-state index is 0.141. The van der Waals surface area contributed by atoms with Crippen molar-refractivity contribution in [3.63, 3.8) is 0 Å². The molecule has 0 unspecified atom stereocenters. The Morgan fingerprint density at radius 1 is 1.31 bits per heavy atom. The lowest BCUT2D eigenvalue weighted by Gasteiger charge is -2.65. The number of likely N-dealkylation sites (N-methyl/N-ethyl adjacent to an activating group) is 1. The third-order valence-electron chi connectivity index (χ3n) is 6.97. The molecule has 140 valence electrons. The molecule has 4 aliphatic rings. The predicted octanol–water partition coefficient (Wildman–Crippen LogP) is 2.57. The monoisotopic (exact) mass is 357 g/mol. The smallest absolute Gasteiger partial charge is 0.174 e. The number of likely N-dealkylation sites (tertiary alicyclic amines) is 1. The van der Waals surface area contributed by atoms with Gasteiger partial charge in [0.1, 0.15) is 0 Å². The fraction of sp³-hybridized carbons (Fsp3) is 0.667. The average Bonchev–Trinajstić information content (AvgIpc) is 2.91. The second-order valence-corrected chi connectivity index (χ2v) is 9.44. The molecule has 2 aliphatic heterocycles. The summed E-state index contributed by atoms with van der Waals surface area (Å²) in [6.07, 6.45) is 2.32. The Bertz CT molecular complexity index is 813. The molecule has 1 N–H and O–H groups in total. The standard InChI is InChI=1S/C21H27NO4/c1-19(2,3)26-21-8-7-14(24)18-20(21)9-10-22(4)15(21)11-12-5-6-13(23)17(25-18)16(12)20/h5-6,15,18,23H,7-11H2,1-4H3/t15-,18+,20+,21-/m0/s1. The van der Waals surface area contributed by atoms with Crippen LogP contribution in [-0.4, -0.2) is 52.7 Å². The summed E-state index contributed by atoms with van der Waals surface area (Å²) in [4.78, 5) is 15.3. The molecule has 1 saturated heterocycles. The number of piperidine rings is 1. The lowest BCUT2D eigenvalue weighted by Crippen LogP contribution is -2.77. The Morgan fingerprint density at radius 3 is 2.81 bits per heavy atom. The van der Waals surface area contributed by atoms with Crippen molar-refractivity contribution in [3.8, 4) is 11.5 Å². The number of hydrogen-bond acceptors (Lipinski definition) is 5. The number of ether oxygens (including phenoxy) is 2. The van der Waals surface area contributed by atoms with Crippen molar-refractivity contribution in [3.05, 3.63) is 23.3 Å². The molecule has 5 nitrogen and oxygen atoms in total. The zero-order valence-corrected chi connectivity index (χ0v) is 16.0. The number of phenolic OH excluding ortho intramolecular Hbond substituents is 1. The SMILES string of the molecule is CN1CC[C@@]23c4c5ccc(O)c4O[C@@H]2C(=O)CC[C@]3(OC(C)(C)C)[C@@H]1C5. The van der Waals surface area contributed by atoms with Gasteiger partial charge in [0.05, 0.1) is 16.6 Å². The van der Waals surface area contributed by atoms with Crippen molar-refractivity contribution in [2.45, 2.75) is 75.2 Å². The Hall–Kier alpha value is -1.59. The van der Waals surface area contributed by atoms with Crippen molar-refractivity contribution >= 4 is 5.78 Å². The Balaban J connectivity index is 1.84. The fourth-order valence-corrected chi connectivity index (χ4v) is 6.26. The topological polar surface area (TPSA) is 59.0 Å². The molecule has 4 atom stereocenters. The van der Waals surface area contributed by atoms with E-state index in [9.17, 15) is 9.90 Å². The molecule has 26 heavy (non-hydrogen) atoms. The summed E-state index contributed by atoms with van der Waals surface area (Å²) in [6.45, 7) is 7.18. The molecule has 1 saturated carbocycles. The van der Waals surface area contributed by atoms with Crippen LogP contribution in [-0.2, 0) is 21.4 Å². The molecule has 0 radical (unpaired) electrons. The molecule has 1 aromatic rings. The number of nitrogens with zero attached hydrogens (tertiary/aromatic N) is 1. The van der Waals surface area contributed by atoms with Crippen molar-refractivity contribution in [1.82, 2.24) is 4.90 Å². The second kappa shape index (κ2) is 4.82. The van der Waals surface area contributed by atoms with E-state index >= 15 is 0 Å². The highest BCUT2D eigenvalue weighted by atomic mass is 16.5. The van der Waals surface area contributed by atoms with Crippen LogP contribution in [0.3, 0.4) is 0 Å². The molecule has 2 fully saturated rings. The van der Waals surface area contributed by atoms with Gasteiger partial charge in [0.25, 0.3) is 0 Å². The van der Waals surface area contributed by atoms with Crippen LogP contribution in [0.2, 0.25) is 0 Å². The van der Waals surface area contributed by atoms with Gasteiger partial charge in [0.15, 0.2) is 23.4 Å². The van der Waals surface area contributed by atoms with E-state index in [-0.39, 0.29) is 23.2 Å². The summed E-state index contributed by atoms with van der Waals surface area (Å²) in [7, 11) is 2.17. The van der Waals surface area contributed by atoms with Gasteiger partial charge in [-0.3, -0.25) is 4.79 Å². The number of carbonyl (C=O) groups excluding carboxylic acids is 1. The zero-order chi connectivity index (χ0) is 18.5. The number of rotatable bonds is 1. The van der Waals surface area contributed by atoms with Crippen LogP contribution in [0.25, 0.3) is 0 Å². The second-order valence-electron chi connectivity index (χ2n) is 9.44. The summed E-state index contributed by atoms with van der Waals surface area (Å²) >= 11 is 0. The molecule has 2 heterocycles. The summed E-state index contributed by atoms with van der Waals surface area (Å²) in [5.74, 6) is 0.805. The van der Waals surface area contributed by atoms with Crippen molar-refractivity contribution in [2.24, 2.45) is 0 Å². The molecule has 0 aromatic heterocycles. The van der Waals surface area contributed by atoms with Gasteiger partial charge in [-0.1, -0.05) is 6.07 Å². The number of carbonyl (C=O) groups is 1. The van der Waals surface area contributed by atoms with E-state index in [1.807, 2.05) is 6.07 Å². The number of Topliss-reactive ketones (excluding diaryl/α,β-unsaturated/α-hetero) is 1. The van der Waals surface area contributed by atoms with Gasteiger partial charge < -0.3 is 19.5 Å². The number of hydrogen-bond donors (Lipinski definition) is 1. The molecule has 0 amide bonds. The van der Waals surface area contributed by atoms with E-state index in [0.29, 0.717) is 18.6 Å². The van der Waals surface area contributed by atoms with Gasteiger partial charge in [-0.15, -0.1) is 0 Å². The highest BCUT2D eigenvalue weighted by Crippen LogP contribution is 2.66. The minimum atomic E-state index is -0.544. The van der Waals surface area contributed by atoms with Gasteiger partial charge in [-0.25, -0.2) is 0 Å². The average molecular weight is 357 g/mol. The summed E-state index contributed by atoms with van der Waals surface area (Å²) in [6, 6.07) is 3.92. The van der Waals surface area contributed by atoms with Crippen LogP contribution in [0.1, 0.15) is 51.2 Å². The molecule has 2 bridgehead atoms. The van der Waals surface area contributed by atoms with Crippen LogP contribution in [0.15, 0.2) is 12.1 Å². The van der Waals surface area contributed by atoms with E-state index in [1.165, 1.54) is 5.56 Å². The molecule has 5 rings (SSSR count). The number of ketones is 1. The fourth-order valence-electron chi connectivity index (χ4n) is 6.26. The highest BCUT2D eigenvalue weighted by Gasteiger charge is 2.74. The Morgan fingerprint density at radius 2 is 2.08 bits per heavy atom. The van der Waals surface area contributed by atoms with Crippen LogP contribution in [0.4, 0.5) is 0 Å². The van der Waals surface area contributed by atoms with Gasteiger partial charge in [0.2, 0.25) is 0 Å². The minimum Gasteiger partial charge on any atom is -0.504 e. The lowest BCUT2D eigenvalue weighted by molar-refractivity contribution is -0.246. The van der Waals surface area contributed by atoms with Crippen LogP contribution in [0.5, 0.6) is 11.5 Å². The van der Waals surface area contributed by atoms with E-state index in [4.69, 9.17) is 9.47 Å². The van der Waals surface area contributed by atoms with Crippen LogP contribution >= 0.6 is 0 Å². The normalized spacial score (nSPS) is 38.1. The van der Waals surface area contributed by atoms with Gasteiger partial charge in [-0.05, 0) is 65.3 Å². The Kier molecular flexibility index (Phi) is 3.07. The zero-order valence-electron chi connectivity index (χ0n) is 16.0. The maximum atomic E-state index is 12.9. The summed E-state index contributed by atoms with van der Waals surface area (Å²) in [5.41, 5.74) is 0.951. The highest BCUT2D eigenvalue weighted by molar-refractivity contribution is 5.90. The van der Waals surface area contributed by atoms with Crippen molar-refractivity contribution < 1.29 is 19.4 Å². The number of aromatic hydroxyl groups is 1. The van der Waals surface area contributed by atoms with Crippen LogP contribution < -0.4 is 4.74 Å². The van der Waals surface area contributed by atoms with Gasteiger partial charge in [-0.2, -0.15) is 0 Å². The maximum absolute atomic E-state index is 12.9. The molecular weight excluding hydrogens is 330 g/mol. The van der Waals surface area contributed by atoms with E-state index < -0.39 is 17.1 Å². The molecular formula is C21H27NO4.